The fraction of sp³-hybridized carbons (Fsp3) is 0.151. The van der Waals surface area contributed by atoms with Gasteiger partial charge in [0.25, 0.3) is 0 Å². The summed E-state index contributed by atoms with van der Waals surface area (Å²) in [5.41, 5.74) is -0.791. The molecule has 0 saturated heterocycles. The van der Waals surface area contributed by atoms with Crippen molar-refractivity contribution in [1.29, 1.82) is 0 Å². The molecule has 0 radical (unpaired) electrons. The SMILES string of the molecule is [2H]c1cc2c(oc3c(-c4ccc(C([2H])([2H])C([2H])([2H])c5cc(C([2H])([2H])C([2H])([2H])c6ccc(-c7[c-]cccc7)nc6)cc(C([2H])([2H])C([2H])([2H])c6ccc(-c7[c-]cccc7)nc6)c5)cn4)[c-]ccc32)c(C([2H])([2H])C)c1F.[Ir+3]. The molecule has 4 aromatic heterocycles. The number of hydrogen-bond donors (Lipinski definition) is 0. The molecule has 0 saturated carbocycles. The summed E-state index contributed by atoms with van der Waals surface area (Å²) in [5.74, 6) is -1.08. The van der Waals surface area contributed by atoms with Crippen molar-refractivity contribution in [3.63, 3.8) is 0 Å². The van der Waals surface area contributed by atoms with E-state index in [9.17, 15) is 16.4 Å². The molecule has 4 nitrogen and oxygen atoms in total. The van der Waals surface area contributed by atoms with Crippen molar-refractivity contribution in [2.45, 2.75) is 51.5 Å². The molecule has 5 aromatic carbocycles. The molecular weight excluding hydrogens is 906 g/mol. The zero-order chi connectivity index (χ0) is 52.7. The van der Waals surface area contributed by atoms with Gasteiger partial charge in [0.05, 0.1) is 6.95 Å². The number of furan rings is 1. The molecule has 0 atom stereocenters. The second kappa shape index (κ2) is 18.2. The Bertz CT molecular complexity index is 3390. The van der Waals surface area contributed by atoms with Gasteiger partial charge >= 0.3 is 20.1 Å². The van der Waals surface area contributed by atoms with Crippen molar-refractivity contribution in [2.75, 3.05) is 0 Å². The van der Waals surface area contributed by atoms with E-state index in [0.717, 1.165) is 43.7 Å². The summed E-state index contributed by atoms with van der Waals surface area (Å²) in [6.45, 7) is 1.14. The van der Waals surface area contributed by atoms with E-state index in [0.29, 0.717) is 27.9 Å². The molecule has 0 spiro atoms. The van der Waals surface area contributed by atoms with Crippen molar-refractivity contribution in [1.82, 2.24) is 15.0 Å². The Morgan fingerprint density at radius 2 is 1.05 bits per heavy atom. The minimum Gasteiger partial charge on any atom is -0.500 e. The summed E-state index contributed by atoms with van der Waals surface area (Å²) >= 11 is 0. The Morgan fingerprint density at radius 3 is 1.51 bits per heavy atom. The van der Waals surface area contributed by atoms with Gasteiger partial charge in [0.2, 0.25) is 0 Å². The smallest absolute Gasteiger partial charge is 0.500 e. The first-order valence-electron chi connectivity index (χ1n) is 25.8. The zero-order valence-electron chi connectivity index (χ0n) is 46.2. The summed E-state index contributed by atoms with van der Waals surface area (Å²) in [4.78, 5) is 13.1. The van der Waals surface area contributed by atoms with Crippen LogP contribution in [-0.4, -0.2) is 15.0 Å². The molecule has 0 aliphatic carbocycles. The minimum absolute atomic E-state index is 0. The standard InChI is InChI=1S/C53H41FN3O.Ir/c1-2-44-48(54)26-25-46-45-14-9-15-47(53(45)58-52(44)46)51-29-24-38(35-57-51)18-21-41-31-39(19-16-36-22-27-49(55-33-36)42-10-5-3-6-11-42)30-40(32-41)20-17-37-23-28-50(56-34-37)43-12-7-4-8-13-43;/h3-10,12,14,22-35H,2,16-21H2,1H3;/q-3;+3/i2D2,16D2,17D2,18D2,19D2,20D2,21D2,26D;. The molecular formula is C53H41FIrN3O. The predicted octanol–water partition coefficient (Wildman–Crippen LogP) is 12.2. The number of benzene rings is 5. The summed E-state index contributed by atoms with van der Waals surface area (Å²) < 4.78 is 158. The third-order valence-corrected chi connectivity index (χ3v) is 9.23. The normalized spacial score (nSPS) is 16.7. The van der Waals surface area contributed by atoms with Crippen LogP contribution in [0.3, 0.4) is 0 Å². The van der Waals surface area contributed by atoms with Gasteiger partial charge in [-0.05, 0) is 107 Å². The first kappa shape index (κ1) is 25.4. The van der Waals surface area contributed by atoms with E-state index in [1.807, 2.05) is 0 Å². The number of fused-ring (bicyclic) bond motifs is 3. The molecule has 6 heteroatoms. The Hall–Kier alpha value is -6.07. The molecule has 0 unspecified atom stereocenters. The van der Waals surface area contributed by atoms with Gasteiger partial charge in [-0.25, -0.2) is 4.39 Å². The quantitative estimate of drug-likeness (QED) is 0.108. The largest absolute Gasteiger partial charge is 3.00 e. The van der Waals surface area contributed by atoms with Gasteiger partial charge < -0.3 is 19.4 Å². The molecule has 0 fully saturated rings. The van der Waals surface area contributed by atoms with Crippen molar-refractivity contribution < 1.29 is 49.5 Å². The first-order valence-corrected chi connectivity index (χ1v) is 18.3. The number of rotatable bonds is 13. The van der Waals surface area contributed by atoms with Crippen LogP contribution in [-0.2, 0) is 64.7 Å². The van der Waals surface area contributed by atoms with Gasteiger partial charge in [-0.3, -0.25) is 0 Å². The average molecular weight is 962 g/mol. The van der Waals surface area contributed by atoms with Gasteiger partial charge in [0, 0.05) is 48.7 Å². The van der Waals surface area contributed by atoms with E-state index >= 15 is 4.39 Å². The van der Waals surface area contributed by atoms with Crippen LogP contribution in [0.4, 0.5) is 4.39 Å². The third-order valence-electron chi connectivity index (χ3n) is 9.23. The molecule has 59 heavy (non-hydrogen) atoms. The van der Waals surface area contributed by atoms with Crippen LogP contribution in [0.15, 0.2) is 150 Å². The Balaban J connectivity index is 0.00000729. The monoisotopic (exact) mass is 962 g/mol. The summed E-state index contributed by atoms with van der Waals surface area (Å²) in [6, 6.07) is 37.7. The van der Waals surface area contributed by atoms with Crippen LogP contribution in [0.1, 0.15) is 66.4 Å². The van der Waals surface area contributed by atoms with E-state index < -0.39 is 78.7 Å². The van der Waals surface area contributed by atoms with Gasteiger partial charge in [0.15, 0.2) is 0 Å². The second-order valence-corrected chi connectivity index (χ2v) is 13.1. The molecule has 9 aromatic rings. The zero-order valence-corrected chi connectivity index (χ0v) is 33.6. The maximum Gasteiger partial charge on any atom is 3.00 e. The number of hydrogen-bond acceptors (Lipinski definition) is 4. The molecule has 0 amide bonds. The van der Waals surface area contributed by atoms with Crippen LogP contribution in [0.2, 0.25) is 0 Å². The van der Waals surface area contributed by atoms with Crippen molar-refractivity contribution in [3.8, 4) is 33.8 Å². The summed E-state index contributed by atoms with van der Waals surface area (Å²) in [6.07, 6.45) is -17.3. The molecule has 290 valence electrons. The maximum absolute atomic E-state index is 15.2. The molecule has 4 heterocycles. The first-order chi connectivity index (χ1) is 34.2. The Kier molecular flexibility index (Phi) is 7.86. The van der Waals surface area contributed by atoms with E-state index in [1.54, 1.807) is 54.6 Å². The third kappa shape index (κ3) is 9.00. The molecule has 0 bridgehead atoms. The summed E-state index contributed by atoms with van der Waals surface area (Å²) in [7, 11) is 0. The van der Waals surface area contributed by atoms with Crippen LogP contribution < -0.4 is 0 Å². The second-order valence-electron chi connectivity index (χ2n) is 13.1. The van der Waals surface area contributed by atoms with E-state index in [-0.39, 0.29) is 64.6 Å². The van der Waals surface area contributed by atoms with Gasteiger partial charge in [-0.1, -0.05) is 72.5 Å². The van der Waals surface area contributed by atoms with Gasteiger partial charge in [-0.15, -0.1) is 90.0 Å². The van der Waals surface area contributed by atoms with E-state index in [1.165, 1.54) is 48.5 Å². The molecule has 0 aliphatic rings. The van der Waals surface area contributed by atoms with Gasteiger partial charge in [-0.2, -0.15) is 0 Å². The van der Waals surface area contributed by atoms with Gasteiger partial charge in [0.1, 0.15) is 11.4 Å². The Morgan fingerprint density at radius 1 is 0.559 bits per heavy atom. The van der Waals surface area contributed by atoms with Crippen LogP contribution in [0.5, 0.6) is 0 Å². The van der Waals surface area contributed by atoms with Crippen LogP contribution in [0.25, 0.3) is 55.7 Å². The van der Waals surface area contributed by atoms with Crippen molar-refractivity contribution >= 4 is 21.9 Å². The minimum atomic E-state index is -3.20. The Labute approximate surface area is 379 Å². The summed E-state index contributed by atoms with van der Waals surface area (Å²) in [5, 5.41) is 0.658. The fourth-order valence-corrected chi connectivity index (χ4v) is 6.38. The van der Waals surface area contributed by atoms with Crippen molar-refractivity contribution in [2.24, 2.45) is 0 Å². The molecule has 0 N–H and O–H groups in total. The predicted molar refractivity (Wildman–Crippen MR) is 231 cm³/mol. The van der Waals surface area contributed by atoms with E-state index in [4.69, 9.17) is 8.53 Å². The topological polar surface area (TPSA) is 51.8 Å². The van der Waals surface area contributed by atoms with Crippen molar-refractivity contribution in [3.05, 3.63) is 209 Å². The molecule has 9 rings (SSSR count). The number of aromatic nitrogens is 3. The van der Waals surface area contributed by atoms with E-state index in [2.05, 4.69) is 33.2 Å². The fourth-order valence-electron chi connectivity index (χ4n) is 6.38. The number of halogens is 1. The number of nitrogens with zero attached hydrogens (tertiary/aromatic N) is 3. The van der Waals surface area contributed by atoms with Crippen LogP contribution in [0, 0.1) is 24.0 Å². The molecule has 0 aliphatic heterocycles. The van der Waals surface area contributed by atoms with Crippen LogP contribution >= 0.6 is 0 Å². The maximum atomic E-state index is 15.2. The number of pyridine rings is 3. The average Bonchev–Trinajstić information content (AvgIpc) is 3.74. The number of aryl methyl sites for hydroxylation is 7.